The van der Waals surface area contributed by atoms with Gasteiger partial charge in [0.15, 0.2) is 5.82 Å². The van der Waals surface area contributed by atoms with Crippen LogP contribution in [0.25, 0.3) is 11.3 Å². The molecular formula is C20H13F2N5O2S. The van der Waals surface area contributed by atoms with E-state index in [2.05, 4.69) is 15.1 Å². The highest BCUT2D eigenvalue weighted by Crippen LogP contribution is 2.25. The van der Waals surface area contributed by atoms with Crippen molar-refractivity contribution in [3.63, 3.8) is 0 Å². The zero-order chi connectivity index (χ0) is 21.1. The van der Waals surface area contributed by atoms with Gasteiger partial charge in [-0.15, -0.1) is 11.3 Å². The molecule has 2 aromatic heterocycles. The van der Waals surface area contributed by atoms with Crippen molar-refractivity contribution >= 4 is 28.9 Å². The van der Waals surface area contributed by atoms with Crippen LogP contribution in [-0.4, -0.2) is 20.8 Å². The standard InChI is InChI=1S/C20H13F2N5O2S/c21-14-6-7-18(17(22)10-14)25-20-26(24-11-15-4-2-8-23-15)19(12-30-20)13-3-1-5-16(9-13)27(28)29/h1-12,23H. The first-order valence-corrected chi connectivity index (χ1v) is 9.52. The predicted octanol–water partition coefficient (Wildman–Crippen LogP) is 4.85. The van der Waals surface area contributed by atoms with Crippen molar-refractivity contribution in [3.8, 4) is 11.3 Å². The third-order valence-corrected chi connectivity index (χ3v) is 4.91. The number of H-pyrrole nitrogens is 1. The van der Waals surface area contributed by atoms with Crippen LogP contribution in [0.3, 0.4) is 0 Å². The summed E-state index contributed by atoms with van der Waals surface area (Å²) in [6.45, 7) is 0. The minimum atomic E-state index is -0.805. The molecule has 0 amide bonds. The molecule has 0 saturated carbocycles. The first-order chi connectivity index (χ1) is 14.5. The van der Waals surface area contributed by atoms with Gasteiger partial charge in [0.25, 0.3) is 5.69 Å². The topological polar surface area (TPSA) is 88.6 Å². The molecule has 7 nitrogen and oxygen atoms in total. The Balaban J connectivity index is 1.88. The molecule has 30 heavy (non-hydrogen) atoms. The normalized spacial score (nSPS) is 12.0. The maximum Gasteiger partial charge on any atom is 0.270 e. The molecule has 0 unspecified atom stereocenters. The number of hydrogen-bond donors (Lipinski definition) is 1. The van der Waals surface area contributed by atoms with E-state index in [-0.39, 0.29) is 11.4 Å². The Morgan fingerprint density at radius 2 is 2.00 bits per heavy atom. The summed E-state index contributed by atoms with van der Waals surface area (Å²) in [5.41, 5.74) is 1.69. The quantitative estimate of drug-likeness (QED) is 0.282. The number of benzene rings is 2. The van der Waals surface area contributed by atoms with E-state index in [9.17, 15) is 18.9 Å². The number of halogens is 2. The van der Waals surface area contributed by atoms with Gasteiger partial charge in [-0.05, 0) is 24.3 Å². The first-order valence-electron chi connectivity index (χ1n) is 8.64. The molecule has 1 N–H and O–H groups in total. The van der Waals surface area contributed by atoms with Crippen LogP contribution in [0, 0.1) is 21.7 Å². The fourth-order valence-electron chi connectivity index (χ4n) is 2.69. The van der Waals surface area contributed by atoms with Crippen molar-refractivity contribution in [3.05, 3.63) is 98.4 Å². The predicted molar refractivity (Wildman–Crippen MR) is 110 cm³/mol. The zero-order valence-electron chi connectivity index (χ0n) is 15.2. The largest absolute Gasteiger partial charge is 0.360 e. The van der Waals surface area contributed by atoms with Gasteiger partial charge >= 0.3 is 0 Å². The lowest BCUT2D eigenvalue weighted by Gasteiger charge is -2.04. The van der Waals surface area contributed by atoms with Crippen LogP contribution in [0.15, 0.2) is 76.3 Å². The van der Waals surface area contributed by atoms with Crippen LogP contribution in [0.1, 0.15) is 5.69 Å². The Morgan fingerprint density at radius 3 is 2.73 bits per heavy atom. The van der Waals surface area contributed by atoms with Gasteiger partial charge in [-0.25, -0.2) is 18.4 Å². The summed E-state index contributed by atoms with van der Waals surface area (Å²) in [7, 11) is 0. The van der Waals surface area contributed by atoms with Gasteiger partial charge in [-0.3, -0.25) is 10.1 Å². The number of non-ortho nitro benzene ring substituents is 1. The third-order valence-electron chi connectivity index (χ3n) is 4.10. The number of thiazole rings is 1. The zero-order valence-corrected chi connectivity index (χ0v) is 16.0. The molecule has 0 atom stereocenters. The van der Waals surface area contributed by atoms with Gasteiger partial charge in [0, 0.05) is 35.3 Å². The molecule has 0 spiro atoms. The highest BCUT2D eigenvalue weighted by Gasteiger charge is 2.13. The highest BCUT2D eigenvalue weighted by atomic mass is 32.1. The maximum atomic E-state index is 14.1. The average molecular weight is 425 g/mol. The SMILES string of the molecule is O=[N+]([O-])c1cccc(-c2csc(=Nc3ccc(F)cc3F)n2N=Cc2ccc[nH]2)c1. The number of nitro groups is 1. The second-order valence-corrected chi connectivity index (χ2v) is 6.94. The molecule has 4 rings (SSSR count). The Hall–Kier alpha value is -3.92. The van der Waals surface area contributed by atoms with Crippen LogP contribution in [0.4, 0.5) is 20.2 Å². The lowest BCUT2D eigenvalue weighted by Crippen LogP contribution is -2.12. The molecule has 10 heteroatoms. The van der Waals surface area contributed by atoms with Crippen molar-refractivity contribution in [2.75, 3.05) is 0 Å². The summed E-state index contributed by atoms with van der Waals surface area (Å²) in [6.07, 6.45) is 3.29. The smallest absolute Gasteiger partial charge is 0.270 e. The van der Waals surface area contributed by atoms with Crippen LogP contribution in [0.2, 0.25) is 0 Å². The molecule has 0 saturated heterocycles. The van der Waals surface area contributed by atoms with Crippen LogP contribution < -0.4 is 4.80 Å². The van der Waals surface area contributed by atoms with Gasteiger partial charge in [-0.1, -0.05) is 12.1 Å². The van der Waals surface area contributed by atoms with Gasteiger partial charge in [0.2, 0.25) is 4.80 Å². The van der Waals surface area contributed by atoms with Crippen molar-refractivity contribution in [2.45, 2.75) is 0 Å². The second-order valence-electron chi connectivity index (χ2n) is 6.10. The molecule has 2 heterocycles. The summed E-state index contributed by atoms with van der Waals surface area (Å²) in [6, 6.07) is 12.8. The Morgan fingerprint density at radius 1 is 1.13 bits per heavy atom. The van der Waals surface area contributed by atoms with Crippen molar-refractivity contribution < 1.29 is 13.7 Å². The maximum absolute atomic E-state index is 14.1. The monoisotopic (exact) mass is 425 g/mol. The fourth-order valence-corrected chi connectivity index (χ4v) is 3.53. The van der Waals surface area contributed by atoms with Gasteiger partial charge in [0.1, 0.15) is 11.5 Å². The molecule has 4 aromatic rings. The van der Waals surface area contributed by atoms with Crippen molar-refractivity contribution in [1.82, 2.24) is 9.66 Å². The summed E-state index contributed by atoms with van der Waals surface area (Å²) >= 11 is 1.17. The van der Waals surface area contributed by atoms with Gasteiger partial charge < -0.3 is 4.98 Å². The van der Waals surface area contributed by atoms with E-state index < -0.39 is 16.6 Å². The molecular weight excluding hydrogens is 412 g/mol. The van der Waals surface area contributed by atoms with Gasteiger partial charge in [-0.2, -0.15) is 5.10 Å². The first kappa shape index (κ1) is 19.4. The lowest BCUT2D eigenvalue weighted by atomic mass is 10.1. The molecule has 0 aliphatic heterocycles. The Labute approximate surface area is 172 Å². The number of aromatic nitrogens is 2. The number of aromatic amines is 1. The Kier molecular flexibility index (Phi) is 5.31. The van der Waals surface area contributed by atoms with Crippen molar-refractivity contribution in [1.29, 1.82) is 0 Å². The lowest BCUT2D eigenvalue weighted by molar-refractivity contribution is -0.384. The number of hydrogen-bond acceptors (Lipinski definition) is 5. The van der Waals surface area contributed by atoms with E-state index in [1.807, 2.05) is 0 Å². The number of nitrogens with zero attached hydrogens (tertiary/aromatic N) is 4. The fraction of sp³-hybridized carbons (Fsp3) is 0. The molecule has 0 radical (unpaired) electrons. The van der Waals surface area contributed by atoms with E-state index in [0.29, 0.717) is 16.1 Å². The number of nitrogens with one attached hydrogen (secondary N) is 1. The summed E-state index contributed by atoms with van der Waals surface area (Å²) in [5, 5.41) is 17.3. The average Bonchev–Trinajstić information content (AvgIpc) is 3.38. The molecule has 150 valence electrons. The van der Waals surface area contributed by atoms with Crippen molar-refractivity contribution in [2.24, 2.45) is 10.1 Å². The van der Waals surface area contributed by atoms with E-state index in [4.69, 9.17) is 0 Å². The van der Waals surface area contributed by atoms with E-state index in [0.717, 1.165) is 17.8 Å². The molecule has 0 fully saturated rings. The molecule has 2 aromatic carbocycles. The summed E-state index contributed by atoms with van der Waals surface area (Å²) in [4.78, 5) is 18.2. The molecule has 0 aliphatic carbocycles. The van der Waals surface area contributed by atoms with E-state index >= 15 is 0 Å². The number of rotatable bonds is 5. The minimum Gasteiger partial charge on any atom is -0.360 e. The number of nitro benzene ring substituents is 1. The van der Waals surface area contributed by atoms with Crippen LogP contribution >= 0.6 is 11.3 Å². The van der Waals surface area contributed by atoms with E-state index in [1.54, 1.807) is 42.1 Å². The highest BCUT2D eigenvalue weighted by molar-refractivity contribution is 7.07. The summed E-state index contributed by atoms with van der Waals surface area (Å²) < 4.78 is 28.7. The second kappa shape index (κ2) is 8.21. The van der Waals surface area contributed by atoms with Crippen LogP contribution in [-0.2, 0) is 0 Å². The van der Waals surface area contributed by atoms with E-state index in [1.165, 1.54) is 34.2 Å². The van der Waals surface area contributed by atoms with Gasteiger partial charge in [0.05, 0.1) is 22.5 Å². The van der Waals surface area contributed by atoms with Crippen LogP contribution in [0.5, 0.6) is 0 Å². The molecule has 0 aliphatic rings. The Bertz CT molecular complexity index is 1310. The summed E-state index contributed by atoms with van der Waals surface area (Å²) in [5.74, 6) is -1.51. The molecule has 0 bridgehead atoms. The minimum absolute atomic E-state index is 0.0485. The third kappa shape index (κ3) is 4.08.